The number of nitrogens with zero attached hydrogens (tertiary/aromatic N) is 3. The quantitative estimate of drug-likeness (QED) is 0.941. The maximum atomic E-state index is 11.2. The Morgan fingerprint density at radius 2 is 2.33 bits per heavy atom. The number of hydrogen-bond acceptors (Lipinski definition) is 5. The summed E-state index contributed by atoms with van der Waals surface area (Å²) in [5.41, 5.74) is 6.53. The highest BCUT2D eigenvalue weighted by Gasteiger charge is 2.27. The molecule has 1 saturated heterocycles. The molecule has 1 amide bonds. The Labute approximate surface area is 127 Å². The van der Waals surface area contributed by atoms with Crippen LogP contribution in [0.1, 0.15) is 45.5 Å². The van der Waals surface area contributed by atoms with Crippen LogP contribution < -0.4 is 5.73 Å². The average Bonchev–Trinajstić information content (AvgIpc) is 2.99. The molecule has 1 atom stereocenters. The lowest BCUT2D eigenvalue weighted by Crippen LogP contribution is -2.32. The fraction of sp³-hybridized carbons (Fsp3) is 0.400. The molecule has 3 heterocycles. The summed E-state index contributed by atoms with van der Waals surface area (Å²) in [7, 11) is 0. The summed E-state index contributed by atoms with van der Waals surface area (Å²) in [6.07, 6.45) is 8.76. The van der Waals surface area contributed by atoms with Crippen LogP contribution in [0.2, 0.25) is 0 Å². The molecule has 110 valence electrons. The molecule has 1 aliphatic heterocycles. The normalized spacial score (nSPS) is 19.5. The van der Waals surface area contributed by atoms with E-state index in [1.54, 1.807) is 12.4 Å². The van der Waals surface area contributed by atoms with Gasteiger partial charge >= 0.3 is 0 Å². The number of hydrogen-bond donors (Lipinski definition) is 1. The largest absolute Gasteiger partial charge is 0.365 e. The number of primary amides is 1. The fourth-order valence-corrected chi connectivity index (χ4v) is 3.68. The Balaban J connectivity index is 1.79. The SMILES string of the molecule is NC(=O)c1cnc(C2CCCCN2Cc2cccnc2)s1. The van der Waals surface area contributed by atoms with Gasteiger partial charge < -0.3 is 5.73 Å². The van der Waals surface area contributed by atoms with Gasteiger partial charge in [-0.05, 0) is 31.0 Å². The van der Waals surface area contributed by atoms with E-state index < -0.39 is 5.91 Å². The summed E-state index contributed by atoms with van der Waals surface area (Å²) in [6.45, 7) is 1.91. The zero-order valence-electron chi connectivity index (χ0n) is 11.7. The van der Waals surface area contributed by atoms with Crippen molar-refractivity contribution in [2.45, 2.75) is 31.8 Å². The molecule has 0 aromatic carbocycles. The Kier molecular flexibility index (Phi) is 4.26. The molecule has 0 radical (unpaired) electrons. The van der Waals surface area contributed by atoms with Crippen LogP contribution in [0.25, 0.3) is 0 Å². The predicted octanol–water partition coefficient (Wildman–Crippen LogP) is 2.36. The Morgan fingerprint density at radius 3 is 3.05 bits per heavy atom. The summed E-state index contributed by atoms with van der Waals surface area (Å²) >= 11 is 1.42. The molecule has 1 unspecified atom stereocenters. The van der Waals surface area contributed by atoms with Gasteiger partial charge in [0.2, 0.25) is 0 Å². The minimum atomic E-state index is -0.395. The van der Waals surface area contributed by atoms with E-state index in [0.717, 1.165) is 24.5 Å². The molecule has 6 heteroatoms. The van der Waals surface area contributed by atoms with E-state index >= 15 is 0 Å². The number of amides is 1. The average molecular weight is 302 g/mol. The van der Waals surface area contributed by atoms with Crippen molar-refractivity contribution in [3.63, 3.8) is 0 Å². The highest BCUT2D eigenvalue weighted by molar-refractivity contribution is 7.13. The van der Waals surface area contributed by atoms with E-state index in [4.69, 9.17) is 5.73 Å². The van der Waals surface area contributed by atoms with Crippen molar-refractivity contribution >= 4 is 17.2 Å². The Bertz CT molecular complexity index is 613. The van der Waals surface area contributed by atoms with Gasteiger partial charge in [0.05, 0.1) is 12.2 Å². The van der Waals surface area contributed by atoms with Crippen LogP contribution in [0.4, 0.5) is 0 Å². The molecule has 5 nitrogen and oxygen atoms in total. The molecule has 0 saturated carbocycles. The van der Waals surface area contributed by atoms with Gasteiger partial charge in [-0.25, -0.2) is 4.98 Å². The van der Waals surface area contributed by atoms with Crippen molar-refractivity contribution in [2.24, 2.45) is 5.73 Å². The van der Waals surface area contributed by atoms with Gasteiger partial charge in [-0.3, -0.25) is 14.7 Å². The van der Waals surface area contributed by atoms with Crippen molar-refractivity contribution < 1.29 is 4.79 Å². The molecule has 21 heavy (non-hydrogen) atoms. The van der Waals surface area contributed by atoms with E-state index in [2.05, 4.69) is 20.9 Å². The van der Waals surface area contributed by atoms with E-state index in [1.165, 1.54) is 29.7 Å². The summed E-state index contributed by atoms with van der Waals surface area (Å²) < 4.78 is 0. The van der Waals surface area contributed by atoms with E-state index in [1.807, 2.05) is 12.3 Å². The number of carbonyl (C=O) groups excluding carboxylic acids is 1. The molecular formula is C15H18N4OS. The summed E-state index contributed by atoms with van der Waals surface area (Å²) in [5, 5.41) is 0.993. The molecule has 0 aliphatic carbocycles. The Hall–Kier alpha value is -1.79. The van der Waals surface area contributed by atoms with Gasteiger partial charge in [0.1, 0.15) is 9.88 Å². The van der Waals surface area contributed by atoms with Crippen LogP contribution in [-0.4, -0.2) is 27.3 Å². The van der Waals surface area contributed by atoms with Crippen LogP contribution in [-0.2, 0) is 6.54 Å². The van der Waals surface area contributed by atoms with Crippen molar-refractivity contribution in [3.05, 3.63) is 46.2 Å². The minimum absolute atomic E-state index is 0.275. The van der Waals surface area contributed by atoms with Gasteiger partial charge in [0, 0.05) is 18.9 Å². The maximum Gasteiger partial charge on any atom is 0.260 e. The number of likely N-dealkylation sites (tertiary alicyclic amines) is 1. The van der Waals surface area contributed by atoms with Crippen molar-refractivity contribution in [3.8, 4) is 0 Å². The van der Waals surface area contributed by atoms with E-state index in [-0.39, 0.29) is 6.04 Å². The summed E-state index contributed by atoms with van der Waals surface area (Å²) in [4.78, 5) is 22.8. The number of nitrogens with two attached hydrogens (primary N) is 1. The van der Waals surface area contributed by atoms with E-state index in [9.17, 15) is 4.79 Å². The van der Waals surface area contributed by atoms with Gasteiger partial charge in [-0.15, -0.1) is 11.3 Å². The van der Waals surface area contributed by atoms with Crippen LogP contribution in [0.15, 0.2) is 30.7 Å². The molecule has 3 rings (SSSR count). The topological polar surface area (TPSA) is 72.1 Å². The Morgan fingerprint density at radius 1 is 1.43 bits per heavy atom. The van der Waals surface area contributed by atoms with Gasteiger partial charge in [0.15, 0.2) is 0 Å². The van der Waals surface area contributed by atoms with Crippen LogP contribution in [0, 0.1) is 0 Å². The van der Waals surface area contributed by atoms with Crippen LogP contribution >= 0.6 is 11.3 Å². The molecule has 2 N–H and O–H groups in total. The zero-order valence-corrected chi connectivity index (χ0v) is 12.6. The first-order valence-corrected chi connectivity index (χ1v) is 7.94. The zero-order chi connectivity index (χ0) is 14.7. The van der Waals surface area contributed by atoms with Gasteiger partial charge in [0.25, 0.3) is 5.91 Å². The van der Waals surface area contributed by atoms with Gasteiger partial charge in [-0.1, -0.05) is 12.5 Å². The first-order chi connectivity index (χ1) is 10.2. The predicted molar refractivity (Wildman–Crippen MR) is 81.9 cm³/mol. The lowest BCUT2D eigenvalue weighted by molar-refractivity contribution is 0.100. The molecule has 1 fully saturated rings. The summed E-state index contributed by atoms with van der Waals surface area (Å²) in [6, 6.07) is 4.33. The van der Waals surface area contributed by atoms with Crippen LogP contribution in [0.5, 0.6) is 0 Å². The third kappa shape index (κ3) is 3.28. The van der Waals surface area contributed by atoms with Crippen molar-refractivity contribution in [1.82, 2.24) is 14.9 Å². The molecule has 0 spiro atoms. The second-order valence-corrected chi connectivity index (χ2v) is 6.33. The first-order valence-electron chi connectivity index (χ1n) is 7.12. The number of rotatable bonds is 4. The number of pyridine rings is 1. The highest BCUT2D eigenvalue weighted by atomic mass is 32.1. The van der Waals surface area contributed by atoms with Gasteiger partial charge in [-0.2, -0.15) is 0 Å². The number of piperidine rings is 1. The molecule has 2 aromatic heterocycles. The number of carbonyl (C=O) groups is 1. The third-order valence-electron chi connectivity index (χ3n) is 3.77. The van der Waals surface area contributed by atoms with Crippen molar-refractivity contribution in [2.75, 3.05) is 6.54 Å². The molecular weight excluding hydrogens is 284 g/mol. The highest BCUT2D eigenvalue weighted by Crippen LogP contribution is 2.34. The number of thiazole rings is 1. The second kappa shape index (κ2) is 6.32. The molecule has 1 aliphatic rings. The van der Waals surface area contributed by atoms with Crippen molar-refractivity contribution in [1.29, 1.82) is 0 Å². The fourth-order valence-electron chi connectivity index (χ4n) is 2.74. The summed E-state index contributed by atoms with van der Waals surface area (Å²) in [5.74, 6) is -0.395. The first kappa shape index (κ1) is 14.2. The second-order valence-electron chi connectivity index (χ2n) is 5.27. The molecule has 2 aromatic rings. The van der Waals surface area contributed by atoms with E-state index in [0.29, 0.717) is 4.88 Å². The minimum Gasteiger partial charge on any atom is -0.365 e. The maximum absolute atomic E-state index is 11.2. The van der Waals surface area contributed by atoms with Crippen LogP contribution in [0.3, 0.4) is 0 Å². The number of aromatic nitrogens is 2. The third-order valence-corrected chi connectivity index (χ3v) is 4.89. The lowest BCUT2D eigenvalue weighted by atomic mass is 10.0. The monoisotopic (exact) mass is 302 g/mol. The molecule has 0 bridgehead atoms. The standard InChI is InChI=1S/C15H18N4OS/c16-14(20)13-9-18-15(21-13)12-5-1-2-7-19(12)10-11-4-3-6-17-8-11/h3-4,6,8-9,12H,1-2,5,7,10H2,(H2,16,20). The smallest absolute Gasteiger partial charge is 0.260 e. The lowest BCUT2D eigenvalue weighted by Gasteiger charge is -2.34.